The zero-order chi connectivity index (χ0) is 16.1. The monoisotopic (exact) mass is 321 g/mol. The lowest BCUT2D eigenvalue weighted by atomic mass is 10.2. The van der Waals surface area contributed by atoms with Crippen LogP contribution >= 0.6 is 11.6 Å². The third kappa shape index (κ3) is 3.86. The maximum absolute atomic E-state index is 12.7. The standard InChI is InChI=1S/C14H9ClFN3O3/c15-12-6-3-10(7-13(12)19(21)22)14(20)18-17-8-9-1-4-11(16)5-2-9/h1-8H,(H,18,20)/b17-8+. The third-order valence-electron chi connectivity index (χ3n) is 2.65. The predicted octanol–water partition coefficient (Wildman–Crippen LogP) is 3.15. The summed E-state index contributed by atoms with van der Waals surface area (Å²) in [5, 5.41) is 14.4. The molecule has 0 saturated carbocycles. The number of carbonyl (C=O) groups excluding carboxylic acids is 1. The van der Waals surface area contributed by atoms with Crippen molar-refractivity contribution in [2.75, 3.05) is 0 Å². The van der Waals surface area contributed by atoms with E-state index >= 15 is 0 Å². The summed E-state index contributed by atoms with van der Waals surface area (Å²) in [5.74, 6) is -1.01. The Labute approximate surface area is 129 Å². The molecule has 0 saturated heterocycles. The first kappa shape index (κ1) is 15.6. The number of halogens is 2. The number of nitro benzene ring substituents is 1. The Hall–Kier alpha value is -2.80. The van der Waals surface area contributed by atoms with Crippen LogP contribution in [0.1, 0.15) is 15.9 Å². The van der Waals surface area contributed by atoms with Crippen LogP contribution in [0.25, 0.3) is 0 Å². The molecule has 8 heteroatoms. The van der Waals surface area contributed by atoms with Crippen LogP contribution in [0.5, 0.6) is 0 Å². The van der Waals surface area contributed by atoms with Gasteiger partial charge in [0.05, 0.1) is 11.1 Å². The molecule has 2 rings (SSSR count). The third-order valence-corrected chi connectivity index (χ3v) is 2.97. The molecule has 112 valence electrons. The largest absolute Gasteiger partial charge is 0.288 e. The molecule has 0 aliphatic carbocycles. The lowest BCUT2D eigenvalue weighted by Gasteiger charge is -2.01. The van der Waals surface area contributed by atoms with Crippen LogP contribution in [0, 0.1) is 15.9 Å². The second-order valence-electron chi connectivity index (χ2n) is 4.17. The molecule has 1 amide bonds. The second kappa shape index (κ2) is 6.77. The van der Waals surface area contributed by atoms with Crippen molar-refractivity contribution in [2.24, 2.45) is 5.10 Å². The minimum Gasteiger partial charge on any atom is -0.267 e. The number of benzene rings is 2. The number of amides is 1. The molecule has 2 aromatic carbocycles. The zero-order valence-electron chi connectivity index (χ0n) is 11.0. The molecule has 0 spiro atoms. The molecule has 0 heterocycles. The van der Waals surface area contributed by atoms with Gasteiger partial charge in [0.1, 0.15) is 10.8 Å². The normalized spacial score (nSPS) is 10.6. The van der Waals surface area contributed by atoms with Crippen molar-refractivity contribution in [1.82, 2.24) is 5.43 Å². The van der Waals surface area contributed by atoms with Crippen molar-refractivity contribution >= 4 is 29.4 Å². The van der Waals surface area contributed by atoms with Gasteiger partial charge in [-0.2, -0.15) is 5.10 Å². The summed E-state index contributed by atoms with van der Waals surface area (Å²) < 4.78 is 12.7. The van der Waals surface area contributed by atoms with E-state index in [1.165, 1.54) is 42.6 Å². The molecule has 0 aromatic heterocycles. The Morgan fingerprint density at radius 2 is 1.95 bits per heavy atom. The van der Waals surface area contributed by atoms with Gasteiger partial charge in [0, 0.05) is 11.6 Å². The van der Waals surface area contributed by atoms with Crippen LogP contribution in [0.4, 0.5) is 10.1 Å². The molecule has 0 atom stereocenters. The highest BCUT2D eigenvalue weighted by atomic mass is 35.5. The van der Waals surface area contributed by atoms with Crippen molar-refractivity contribution in [2.45, 2.75) is 0 Å². The van der Waals surface area contributed by atoms with Crippen molar-refractivity contribution in [3.63, 3.8) is 0 Å². The van der Waals surface area contributed by atoms with Gasteiger partial charge >= 0.3 is 0 Å². The quantitative estimate of drug-likeness (QED) is 0.533. The minimum atomic E-state index is -0.680. The van der Waals surface area contributed by atoms with E-state index in [4.69, 9.17) is 11.6 Å². The van der Waals surface area contributed by atoms with E-state index in [9.17, 15) is 19.3 Å². The van der Waals surface area contributed by atoms with Gasteiger partial charge < -0.3 is 0 Å². The van der Waals surface area contributed by atoms with E-state index in [0.717, 1.165) is 6.07 Å². The highest BCUT2D eigenvalue weighted by molar-refractivity contribution is 6.32. The van der Waals surface area contributed by atoms with Gasteiger partial charge in [-0.25, -0.2) is 9.82 Å². The Morgan fingerprint density at radius 3 is 2.59 bits per heavy atom. The van der Waals surface area contributed by atoms with Crippen molar-refractivity contribution in [3.05, 3.63) is 74.5 Å². The number of carbonyl (C=O) groups is 1. The molecule has 0 aliphatic rings. The molecule has 6 nitrogen and oxygen atoms in total. The van der Waals surface area contributed by atoms with Gasteiger partial charge in [0.25, 0.3) is 11.6 Å². The van der Waals surface area contributed by atoms with E-state index in [1.54, 1.807) is 0 Å². The molecule has 1 N–H and O–H groups in total. The molecule has 0 fully saturated rings. The van der Waals surface area contributed by atoms with Crippen LogP contribution in [0.3, 0.4) is 0 Å². The Balaban J connectivity index is 2.08. The summed E-state index contributed by atoms with van der Waals surface area (Å²) in [6, 6.07) is 9.15. The number of hydrogen-bond donors (Lipinski definition) is 1. The first-order valence-corrected chi connectivity index (χ1v) is 6.38. The molecule has 0 unspecified atom stereocenters. The Morgan fingerprint density at radius 1 is 1.27 bits per heavy atom. The molecule has 0 radical (unpaired) electrons. The zero-order valence-corrected chi connectivity index (χ0v) is 11.7. The number of hydrazone groups is 1. The van der Waals surface area contributed by atoms with Gasteiger partial charge in [-0.3, -0.25) is 14.9 Å². The summed E-state index contributed by atoms with van der Waals surface area (Å²) in [7, 11) is 0. The fourth-order valence-electron chi connectivity index (χ4n) is 1.57. The Bertz CT molecular complexity index is 747. The summed E-state index contributed by atoms with van der Waals surface area (Å²) in [5.41, 5.74) is 2.49. The van der Waals surface area contributed by atoms with Gasteiger partial charge in [0.15, 0.2) is 0 Å². The minimum absolute atomic E-state index is 0.0485. The Kier molecular flexibility index (Phi) is 4.80. The van der Waals surface area contributed by atoms with Crippen molar-refractivity contribution in [1.29, 1.82) is 0 Å². The van der Waals surface area contributed by atoms with Crippen LogP contribution in [0.15, 0.2) is 47.6 Å². The predicted molar refractivity (Wildman–Crippen MR) is 79.6 cm³/mol. The first-order valence-electron chi connectivity index (χ1n) is 6.00. The lowest BCUT2D eigenvalue weighted by Crippen LogP contribution is -2.17. The maximum Gasteiger partial charge on any atom is 0.288 e. The van der Waals surface area contributed by atoms with Gasteiger partial charge in [-0.1, -0.05) is 23.7 Å². The summed E-state index contributed by atoms with van der Waals surface area (Å²) in [4.78, 5) is 21.9. The number of nitrogens with one attached hydrogen (secondary N) is 1. The topological polar surface area (TPSA) is 84.6 Å². The molecule has 22 heavy (non-hydrogen) atoms. The first-order chi connectivity index (χ1) is 10.5. The van der Waals surface area contributed by atoms with Crippen LogP contribution < -0.4 is 5.43 Å². The average molecular weight is 322 g/mol. The summed E-state index contributed by atoms with van der Waals surface area (Å²) >= 11 is 5.66. The molecule has 2 aromatic rings. The SMILES string of the molecule is O=C(N/N=C/c1ccc(F)cc1)c1ccc(Cl)c([N+](=O)[O-])c1. The fraction of sp³-hybridized carbons (Fsp3) is 0. The summed E-state index contributed by atoms with van der Waals surface area (Å²) in [6.07, 6.45) is 1.32. The van der Waals surface area contributed by atoms with Crippen molar-refractivity contribution in [3.8, 4) is 0 Å². The number of rotatable bonds is 4. The average Bonchev–Trinajstić information content (AvgIpc) is 2.49. The van der Waals surface area contributed by atoms with Gasteiger partial charge in [0.2, 0.25) is 0 Å². The van der Waals surface area contributed by atoms with E-state index in [-0.39, 0.29) is 22.1 Å². The number of nitro groups is 1. The summed E-state index contributed by atoms with van der Waals surface area (Å²) in [6.45, 7) is 0. The second-order valence-corrected chi connectivity index (χ2v) is 4.58. The fourth-order valence-corrected chi connectivity index (χ4v) is 1.76. The van der Waals surface area contributed by atoms with Gasteiger partial charge in [-0.15, -0.1) is 0 Å². The van der Waals surface area contributed by atoms with E-state index in [2.05, 4.69) is 10.5 Å². The highest BCUT2D eigenvalue weighted by Crippen LogP contribution is 2.24. The molecular weight excluding hydrogens is 313 g/mol. The molecular formula is C14H9ClFN3O3. The maximum atomic E-state index is 12.7. The lowest BCUT2D eigenvalue weighted by molar-refractivity contribution is -0.384. The molecule has 0 aliphatic heterocycles. The highest BCUT2D eigenvalue weighted by Gasteiger charge is 2.15. The van der Waals surface area contributed by atoms with E-state index in [1.807, 2.05) is 0 Å². The van der Waals surface area contributed by atoms with Gasteiger partial charge in [-0.05, 0) is 29.8 Å². The van der Waals surface area contributed by atoms with Crippen molar-refractivity contribution < 1.29 is 14.1 Å². The molecule has 0 bridgehead atoms. The van der Waals surface area contributed by atoms with Crippen LogP contribution in [-0.2, 0) is 0 Å². The van der Waals surface area contributed by atoms with Crippen LogP contribution in [-0.4, -0.2) is 17.0 Å². The smallest absolute Gasteiger partial charge is 0.267 e. The number of hydrogen-bond acceptors (Lipinski definition) is 4. The van der Waals surface area contributed by atoms with Crippen LogP contribution in [0.2, 0.25) is 5.02 Å². The van der Waals surface area contributed by atoms with E-state index < -0.39 is 10.8 Å². The van der Waals surface area contributed by atoms with E-state index in [0.29, 0.717) is 5.56 Å². The number of nitrogens with zero attached hydrogens (tertiary/aromatic N) is 2.